The van der Waals surface area contributed by atoms with Crippen molar-refractivity contribution >= 4 is 58.5 Å². The number of nitrogens with two attached hydrogens (primary N) is 1. The van der Waals surface area contributed by atoms with Crippen molar-refractivity contribution in [2.45, 2.75) is 0 Å². The third-order valence-electron chi connectivity index (χ3n) is 4.85. The molecule has 0 saturated carbocycles. The number of carboxylic acid groups (broad SMARTS) is 1. The lowest BCUT2D eigenvalue weighted by Gasteiger charge is -2.26. The van der Waals surface area contributed by atoms with E-state index in [-0.39, 0.29) is 16.7 Å². The molecule has 0 saturated heterocycles. The van der Waals surface area contributed by atoms with Gasteiger partial charge < -0.3 is 15.7 Å². The normalized spacial score (nSPS) is 13.7. The highest BCUT2D eigenvalue weighted by Crippen LogP contribution is 2.32. The molecule has 34 heavy (non-hydrogen) atoms. The fraction of sp³-hybridized carbons (Fsp3) is 0.0417. The molecule has 0 aliphatic carbocycles. The van der Waals surface area contributed by atoms with Gasteiger partial charge >= 0.3 is 5.97 Å². The van der Waals surface area contributed by atoms with E-state index in [9.17, 15) is 19.2 Å². The maximum atomic E-state index is 12.7. The van der Waals surface area contributed by atoms with Crippen molar-refractivity contribution in [1.29, 1.82) is 0 Å². The van der Waals surface area contributed by atoms with E-state index in [0.717, 1.165) is 0 Å². The SMILES string of the molecule is CN1C(=O)/C(=C\c2ccc(Cl)c(Cl)c2)C(=O)c2cc(C(=O)O)ccc21.NC(=O)c1ccncc1. The molecule has 172 valence electrons. The molecule has 0 unspecified atom stereocenters. The quantitative estimate of drug-likeness (QED) is 0.413. The second-order valence-electron chi connectivity index (χ2n) is 7.06. The van der Waals surface area contributed by atoms with Crippen LogP contribution < -0.4 is 10.6 Å². The Morgan fingerprint density at radius 1 is 0.971 bits per heavy atom. The number of aromatic carboxylic acids is 1. The lowest BCUT2D eigenvalue weighted by molar-refractivity contribution is -0.114. The number of pyridine rings is 1. The average Bonchev–Trinajstić information content (AvgIpc) is 2.83. The second-order valence-corrected chi connectivity index (χ2v) is 7.88. The minimum absolute atomic E-state index is 0.0243. The van der Waals surface area contributed by atoms with Crippen molar-refractivity contribution in [2.24, 2.45) is 5.73 Å². The summed E-state index contributed by atoms with van der Waals surface area (Å²) in [7, 11) is 1.52. The third kappa shape index (κ3) is 5.31. The first-order chi connectivity index (χ1) is 16.1. The Bertz CT molecular complexity index is 1340. The van der Waals surface area contributed by atoms with Crippen LogP contribution in [0, 0.1) is 0 Å². The molecule has 1 aliphatic rings. The van der Waals surface area contributed by atoms with Crippen LogP contribution in [0.3, 0.4) is 0 Å². The van der Waals surface area contributed by atoms with Crippen LogP contribution in [-0.4, -0.2) is 40.7 Å². The number of hydrogen-bond donors (Lipinski definition) is 2. The van der Waals surface area contributed by atoms with E-state index in [1.807, 2.05) is 0 Å². The van der Waals surface area contributed by atoms with Crippen molar-refractivity contribution in [2.75, 3.05) is 11.9 Å². The number of carbonyl (C=O) groups excluding carboxylic acids is 3. The largest absolute Gasteiger partial charge is 0.478 e. The summed E-state index contributed by atoms with van der Waals surface area (Å²) < 4.78 is 0. The Morgan fingerprint density at radius 3 is 2.21 bits per heavy atom. The molecule has 4 rings (SSSR count). The molecule has 3 aromatic rings. The number of aromatic nitrogens is 1. The molecule has 0 spiro atoms. The van der Waals surface area contributed by atoms with Gasteiger partial charge in [0, 0.05) is 30.6 Å². The van der Waals surface area contributed by atoms with Gasteiger partial charge in [-0.25, -0.2) is 4.79 Å². The fourth-order valence-corrected chi connectivity index (χ4v) is 3.39. The number of ketones is 1. The molecule has 2 amide bonds. The third-order valence-corrected chi connectivity index (χ3v) is 5.59. The predicted octanol–water partition coefficient (Wildman–Crippen LogP) is 4.11. The van der Waals surface area contributed by atoms with Crippen molar-refractivity contribution in [3.05, 3.63) is 98.8 Å². The molecule has 1 aliphatic heterocycles. The smallest absolute Gasteiger partial charge is 0.335 e. The van der Waals surface area contributed by atoms with Crippen molar-refractivity contribution < 1.29 is 24.3 Å². The lowest BCUT2D eigenvalue weighted by atomic mass is 9.92. The molecule has 10 heteroatoms. The van der Waals surface area contributed by atoms with Crippen LogP contribution in [0.25, 0.3) is 6.08 Å². The summed E-state index contributed by atoms with van der Waals surface area (Å²) in [6.07, 6.45) is 4.47. The molecule has 0 bridgehead atoms. The molecule has 8 nitrogen and oxygen atoms in total. The molecular formula is C24H17Cl2N3O5. The van der Waals surface area contributed by atoms with Gasteiger partial charge in [0.05, 0.1) is 26.9 Å². The minimum Gasteiger partial charge on any atom is -0.478 e. The van der Waals surface area contributed by atoms with E-state index in [2.05, 4.69) is 4.98 Å². The molecule has 0 atom stereocenters. The first-order valence-electron chi connectivity index (χ1n) is 9.67. The summed E-state index contributed by atoms with van der Waals surface area (Å²) in [5.74, 6) is -2.58. The molecule has 2 aromatic carbocycles. The highest BCUT2D eigenvalue weighted by molar-refractivity contribution is 6.42. The average molecular weight is 498 g/mol. The summed E-state index contributed by atoms with van der Waals surface area (Å²) in [6.45, 7) is 0. The van der Waals surface area contributed by atoms with E-state index >= 15 is 0 Å². The second kappa shape index (κ2) is 10.3. The van der Waals surface area contributed by atoms with Gasteiger partial charge in [0.2, 0.25) is 11.7 Å². The first kappa shape index (κ1) is 24.6. The topological polar surface area (TPSA) is 131 Å². The van der Waals surface area contributed by atoms with Crippen LogP contribution in [0.1, 0.15) is 36.6 Å². The number of rotatable bonds is 3. The number of halogens is 2. The number of benzene rings is 2. The number of Topliss-reactive ketones (excluding diaryl/α,β-unsaturated/α-hetero) is 1. The van der Waals surface area contributed by atoms with Crippen LogP contribution in [0.15, 0.2) is 66.5 Å². The number of likely N-dealkylation sites (N-methyl/N-ethyl adjacent to an activating group) is 1. The van der Waals surface area contributed by atoms with Gasteiger partial charge in [0.15, 0.2) is 0 Å². The Morgan fingerprint density at radius 2 is 1.65 bits per heavy atom. The van der Waals surface area contributed by atoms with Gasteiger partial charge in [0.25, 0.3) is 5.91 Å². The summed E-state index contributed by atoms with van der Waals surface area (Å²) in [4.78, 5) is 51.8. The monoisotopic (exact) mass is 497 g/mol. The van der Waals surface area contributed by atoms with Crippen molar-refractivity contribution in [3.8, 4) is 0 Å². The van der Waals surface area contributed by atoms with Gasteiger partial charge in [-0.05, 0) is 54.1 Å². The van der Waals surface area contributed by atoms with Gasteiger partial charge in [0.1, 0.15) is 0 Å². The van der Waals surface area contributed by atoms with E-state index in [0.29, 0.717) is 26.9 Å². The molecule has 1 aromatic heterocycles. The highest BCUT2D eigenvalue weighted by atomic mass is 35.5. The molecule has 0 radical (unpaired) electrons. The van der Waals surface area contributed by atoms with Crippen LogP contribution in [0.2, 0.25) is 10.0 Å². The molecule has 3 N–H and O–H groups in total. The number of carbonyl (C=O) groups is 4. The number of primary amides is 1. The molecule has 2 heterocycles. The van der Waals surface area contributed by atoms with Crippen molar-refractivity contribution in [3.63, 3.8) is 0 Å². The maximum absolute atomic E-state index is 12.7. The zero-order valence-electron chi connectivity index (χ0n) is 17.7. The minimum atomic E-state index is -1.15. The number of carboxylic acids is 1. The summed E-state index contributed by atoms with van der Waals surface area (Å²) in [6, 6.07) is 12.0. The van der Waals surface area contributed by atoms with Gasteiger partial charge in [-0.2, -0.15) is 0 Å². The zero-order chi connectivity index (χ0) is 25.0. The van der Waals surface area contributed by atoms with Crippen molar-refractivity contribution in [1.82, 2.24) is 4.98 Å². The number of hydrogen-bond acceptors (Lipinski definition) is 5. The number of anilines is 1. The van der Waals surface area contributed by atoms with Gasteiger partial charge in [-0.1, -0.05) is 29.3 Å². The Hall–Kier alpha value is -4.01. The molecular weight excluding hydrogens is 481 g/mol. The van der Waals surface area contributed by atoms with E-state index in [1.165, 1.54) is 48.6 Å². The number of amides is 2. The standard InChI is InChI=1S/C18H11Cl2NO4.C6H6N2O/c1-21-15-5-3-10(18(24)25)8-11(15)16(22)12(17(21)23)6-9-2-4-13(19)14(20)7-9;7-6(9)5-1-3-8-4-2-5/h2-8H,1H3,(H,24,25);1-4H,(H2,7,9)/b12-6-;. The van der Waals surface area contributed by atoms with E-state index < -0.39 is 23.6 Å². The maximum Gasteiger partial charge on any atom is 0.335 e. The Balaban J connectivity index is 0.000000302. The molecule has 0 fully saturated rings. The number of fused-ring (bicyclic) bond motifs is 1. The summed E-state index contributed by atoms with van der Waals surface area (Å²) >= 11 is 11.8. The Labute approximate surface area is 204 Å². The zero-order valence-corrected chi connectivity index (χ0v) is 19.2. The first-order valence-corrected chi connectivity index (χ1v) is 10.4. The van der Waals surface area contributed by atoms with Gasteiger partial charge in [-0.15, -0.1) is 0 Å². The number of nitrogens with zero attached hydrogens (tertiary/aromatic N) is 2. The van der Waals surface area contributed by atoms with E-state index in [1.54, 1.807) is 30.3 Å². The van der Waals surface area contributed by atoms with E-state index in [4.69, 9.17) is 34.0 Å². The predicted molar refractivity (Wildman–Crippen MR) is 128 cm³/mol. The van der Waals surface area contributed by atoms with Crippen LogP contribution in [-0.2, 0) is 4.79 Å². The van der Waals surface area contributed by atoms with Crippen LogP contribution >= 0.6 is 23.2 Å². The van der Waals surface area contributed by atoms with Gasteiger partial charge in [-0.3, -0.25) is 19.4 Å². The summed E-state index contributed by atoms with van der Waals surface area (Å²) in [5, 5.41) is 9.77. The summed E-state index contributed by atoms with van der Waals surface area (Å²) in [5.41, 5.74) is 6.41. The highest BCUT2D eigenvalue weighted by Gasteiger charge is 2.33. The van der Waals surface area contributed by atoms with Crippen LogP contribution in [0.4, 0.5) is 5.69 Å². The fourth-order valence-electron chi connectivity index (χ4n) is 3.09. The Kier molecular flexibility index (Phi) is 7.45. The van der Waals surface area contributed by atoms with Crippen LogP contribution in [0.5, 0.6) is 0 Å². The lowest BCUT2D eigenvalue weighted by Crippen LogP contribution is -2.36.